The summed E-state index contributed by atoms with van der Waals surface area (Å²) in [6, 6.07) is 5.15. The van der Waals surface area contributed by atoms with E-state index in [2.05, 4.69) is 0 Å². The lowest BCUT2D eigenvalue weighted by Gasteiger charge is -2.34. The van der Waals surface area contributed by atoms with E-state index in [1.807, 2.05) is 11.0 Å². The first-order chi connectivity index (χ1) is 12.1. The van der Waals surface area contributed by atoms with Gasteiger partial charge in [-0.15, -0.1) is 0 Å². The summed E-state index contributed by atoms with van der Waals surface area (Å²) >= 11 is 6.20. The van der Waals surface area contributed by atoms with Crippen molar-refractivity contribution in [2.24, 2.45) is 5.92 Å². The Kier molecular flexibility index (Phi) is 4.36. The van der Waals surface area contributed by atoms with E-state index in [0.29, 0.717) is 29.7 Å². The maximum absolute atomic E-state index is 12.8. The average Bonchev–Trinajstić information content (AvgIpc) is 3.30. The van der Waals surface area contributed by atoms with Crippen LogP contribution in [0.5, 0.6) is 5.75 Å². The molecule has 134 valence electrons. The highest BCUT2D eigenvalue weighted by atomic mass is 35.5. The third kappa shape index (κ3) is 2.88. The van der Waals surface area contributed by atoms with Crippen molar-refractivity contribution in [3.63, 3.8) is 0 Å². The molecule has 6 heteroatoms. The van der Waals surface area contributed by atoms with Crippen molar-refractivity contribution in [3.8, 4) is 5.75 Å². The first-order valence-electron chi connectivity index (χ1n) is 9.04. The van der Waals surface area contributed by atoms with Gasteiger partial charge in [-0.3, -0.25) is 9.59 Å². The molecular formula is C19H23ClN2O3. The number of rotatable bonds is 4. The van der Waals surface area contributed by atoms with Gasteiger partial charge in [-0.05, 0) is 43.4 Å². The number of halogens is 1. The highest BCUT2D eigenvalue weighted by Crippen LogP contribution is 2.39. The molecule has 2 saturated heterocycles. The summed E-state index contributed by atoms with van der Waals surface area (Å²) in [5.74, 6) is 1.27. The van der Waals surface area contributed by atoms with Crippen LogP contribution in [0.3, 0.4) is 0 Å². The van der Waals surface area contributed by atoms with E-state index >= 15 is 0 Å². The van der Waals surface area contributed by atoms with Gasteiger partial charge in [-0.25, -0.2) is 0 Å². The Morgan fingerprint density at radius 2 is 2.08 bits per heavy atom. The third-order valence-electron chi connectivity index (χ3n) is 5.84. The normalized spacial score (nSPS) is 25.9. The monoisotopic (exact) mass is 362 g/mol. The zero-order valence-electron chi connectivity index (χ0n) is 14.4. The molecule has 0 unspecified atom stereocenters. The smallest absolute Gasteiger partial charge is 0.250 e. The molecule has 1 aliphatic carbocycles. The minimum atomic E-state index is -0.306. The SMILES string of the molecule is COc1ccc(N2C(=O)[C@@H]3C[C@H]2CN3C(=O)CC2CCCC2)cc1Cl. The lowest BCUT2D eigenvalue weighted by Crippen LogP contribution is -2.52. The van der Waals surface area contributed by atoms with Crippen LogP contribution in [-0.2, 0) is 9.59 Å². The Morgan fingerprint density at radius 3 is 2.72 bits per heavy atom. The standard InChI is InChI=1S/C19H23ClN2O3/c1-25-17-7-6-13(9-15(17)20)22-14-10-16(19(22)24)21(11-14)18(23)8-12-4-2-3-5-12/h6-7,9,12,14,16H,2-5,8,10-11H2,1H3/t14-,16-/m0/s1. The van der Waals surface area contributed by atoms with Gasteiger partial charge in [0.1, 0.15) is 11.8 Å². The van der Waals surface area contributed by atoms with Gasteiger partial charge in [-0.2, -0.15) is 0 Å². The minimum Gasteiger partial charge on any atom is -0.495 e. The van der Waals surface area contributed by atoms with E-state index in [0.717, 1.165) is 24.9 Å². The predicted octanol–water partition coefficient (Wildman–Crippen LogP) is 3.25. The zero-order chi connectivity index (χ0) is 17.6. The summed E-state index contributed by atoms with van der Waals surface area (Å²) in [5.41, 5.74) is 0.784. The molecule has 1 aromatic rings. The fourth-order valence-corrected chi connectivity index (χ4v) is 4.82. The van der Waals surface area contributed by atoms with Gasteiger partial charge in [-0.1, -0.05) is 24.4 Å². The van der Waals surface area contributed by atoms with Gasteiger partial charge in [0.25, 0.3) is 0 Å². The number of fused-ring (bicyclic) bond motifs is 2. The van der Waals surface area contributed by atoms with Gasteiger partial charge in [0.2, 0.25) is 11.8 Å². The molecule has 1 saturated carbocycles. The molecule has 0 radical (unpaired) electrons. The molecule has 2 heterocycles. The van der Waals surface area contributed by atoms with Crippen LogP contribution < -0.4 is 9.64 Å². The van der Waals surface area contributed by atoms with Crippen LogP contribution in [0.4, 0.5) is 5.69 Å². The van der Waals surface area contributed by atoms with Crippen molar-refractivity contribution in [3.05, 3.63) is 23.2 Å². The second kappa shape index (κ2) is 6.52. The van der Waals surface area contributed by atoms with Gasteiger partial charge >= 0.3 is 0 Å². The molecule has 2 aliphatic heterocycles. The van der Waals surface area contributed by atoms with E-state index in [1.54, 1.807) is 24.1 Å². The molecule has 0 spiro atoms. The molecule has 0 aromatic heterocycles. The Bertz CT molecular complexity index is 702. The van der Waals surface area contributed by atoms with E-state index < -0.39 is 0 Å². The first-order valence-corrected chi connectivity index (χ1v) is 9.42. The Balaban J connectivity index is 1.47. The number of likely N-dealkylation sites (tertiary alicyclic amines) is 1. The summed E-state index contributed by atoms with van der Waals surface area (Å²) < 4.78 is 5.17. The Morgan fingerprint density at radius 1 is 1.32 bits per heavy atom. The number of piperazine rings is 1. The second-order valence-electron chi connectivity index (χ2n) is 7.33. The Hall–Kier alpha value is -1.75. The van der Waals surface area contributed by atoms with Crippen LogP contribution in [0, 0.1) is 5.92 Å². The number of hydrogen-bond donors (Lipinski definition) is 0. The number of hydrogen-bond acceptors (Lipinski definition) is 3. The van der Waals surface area contributed by atoms with E-state index in [4.69, 9.17) is 16.3 Å². The number of ether oxygens (including phenoxy) is 1. The number of carbonyl (C=O) groups is 2. The maximum Gasteiger partial charge on any atom is 0.250 e. The fraction of sp³-hybridized carbons (Fsp3) is 0.579. The molecule has 1 aromatic carbocycles. The lowest BCUT2D eigenvalue weighted by molar-refractivity contribution is -0.139. The summed E-state index contributed by atoms with van der Waals surface area (Å²) in [4.78, 5) is 29.1. The largest absolute Gasteiger partial charge is 0.495 e. The second-order valence-corrected chi connectivity index (χ2v) is 7.74. The van der Waals surface area contributed by atoms with Gasteiger partial charge < -0.3 is 14.5 Å². The third-order valence-corrected chi connectivity index (χ3v) is 6.13. The number of amides is 2. The average molecular weight is 363 g/mol. The molecule has 2 amide bonds. The van der Waals surface area contributed by atoms with E-state index in [1.165, 1.54) is 12.8 Å². The van der Waals surface area contributed by atoms with Crippen molar-refractivity contribution >= 4 is 29.1 Å². The van der Waals surface area contributed by atoms with Crippen LogP contribution in [0.25, 0.3) is 0 Å². The molecule has 25 heavy (non-hydrogen) atoms. The first kappa shape index (κ1) is 16.7. The summed E-state index contributed by atoms with van der Waals surface area (Å²) in [5, 5.41) is 0.490. The van der Waals surface area contributed by atoms with Crippen LogP contribution in [0.15, 0.2) is 18.2 Å². The van der Waals surface area contributed by atoms with Crippen molar-refractivity contribution in [2.75, 3.05) is 18.6 Å². The number of nitrogens with zero attached hydrogens (tertiary/aromatic N) is 2. The summed E-state index contributed by atoms with van der Waals surface area (Å²) in [6.07, 6.45) is 6.09. The quantitative estimate of drug-likeness (QED) is 0.826. The van der Waals surface area contributed by atoms with Crippen molar-refractivity contribution in [1.82, 2.24) is 4.90 Å². The topological polar surface area (TPSA) is 49.9 Å². The number of benzene rings is 1. The molecule has 3 fully saturated rings. The van der Waals surface area contributed by atoms with E-state index in [-0.39, 0.29) is 23.9 Å². The van der Waals surface area contributed by atoms with Crippen molar-refractivity contribution < 1.29 is 14.3 Å². The number of anilines is 1. The van der Waals surface area contributed by atoms with Crippen LogP contribution >= 0.6 is 11.6 Å². The molecule has 3 aliphatic rings. The highest BCUT2D eigenvalue weighted by Gasteiger charge is 2.51. The van der Waals surface area contributed by atoms with Crippen LogP contribution in [0.2, 0.25) is 5.02 Å². The minimum absolute atomic E-state index is 0.0113. The Labute approximate surface area is 152 Å². The zero-order valence-corrected chi connectivity index (χ0v) is 15.2. The van der Waals surface area contributed by atoms with Crippen molar-refractivity contribution in [1.29, 1.82) is 0 Å². The van der Waals surface area contributed by atoms with Crippen LogP contribution in [0.1, 0.15) is 38.5 Å². The van der Waals surface area contributed by atoms with Gasteiger partial charge in [0.15, 0.2) is 0 Å². The van der Waals surface area contributed by atoms with E-state index in [9.17, 15) is 9.59 Å². The van der Waals surface area contributed by atoms with Gasteiger partial charge in [0, 0.05) is 18.7 Å². The molecule has 2 atom stereocenters. The predicted molar refractivity (Wildman–Crippen MR) is 96.0 cm³/mol. The molecular weight excluding hydrogens is 340 g/mol. The molecule has 5 nitrogen and oxygen atoms in total. The van der Waals surface area contributed by atoms with Crippen molar-refractivity contribution in [2.45, 2.75) is 50.6 Å². The summed E-state index contributed by atoms with van der Waals surface area (Å²) in [6.45, 7) is 0.631. The summed E-state index contributed by atoms with van der Waals surface area (Å²) in [7, 11) is 1.57. The molecule has 4 rings (SSSR count). The fourth-order valence-electron chi connectivity index (χ4n) is 4.57. The maximum atomic E-state index is 12.8. The molecule has 2 bridgehead atoms. The highest BCUT2D eigenvalue weighted by molar-refractivity contribution is 6.32. The van der Waals surface area contributed by atoms with Crippen LogP contribution in [-0.4, -0.2) is 42.5 Å². The number of methoxy groups -OCH3 is 1. The number of carbonyl (C=O) groups excluding carboxylic acids is 2. The lowest BCUT2D eigenvalue weighted by atomic mass is 10.0. The van der Waals surface area contributed by atoms with Gasteiger partial charge in [0.05, 0.1) is 18.2 Å². The molecule has 0 N–H and O–H groups in total.